The smallest absolute Gasteiger partial charge is 0.354 e. The van der Waals surface area contributed by atoms with E-state index in [4.69, 9.17) is 0 Å². The fourth-order valence-electron chi connectivity index (χ4n) is 2.61. The van der Waals surface area contributed by atoms with Gasteiger partial charge in [0.2, 0.25) is 0 Å². The molecule has 0 aliphatic heterocycles. The topological polar surface area (TPSA) is 83.1 Å². The van der Waals surface area contributed by atoms with Crippen molar-refractivity contribution in [3.8, 4) is 0 Å². The lowest BCUT2D eigenvalue weighted by Crippen LogP contribution is -2.20. The van der Waals surface area contributed by atoms with Gasteiger partial charge in [0.05, 0.1) is 5.56 Å². The van der Waals surface area contributed by atoms with Crippen LogP contribution in [0.3, 0.4) is 0 Å². The predicted octanol–water partition coefficient (Wildman–Crippen LogP) is 6.02. The third-order valence-corrected chi connectivity index (χ3v) is 5.72. The number of pyridine rings is 1. The molecule has 3 aromatic rings. The fraction of sp³-hybridized carbons (Fsp3) is 0.0952. The number of carbonyl (C=O) groups is 2. The predicted molar refractivity (Wildman–Crippen MR) is 120 cm³/mol. The number of hydrogen-bond donors (Lipinski definition) is 3. The quantitative estimate of drug-likeness (QED) is 0.381. The monoisotopic (exact) mass is 524 g/mol. The molecule has 1 aromatic heterocycles. The number of nitrogens with zero attached hydrogens (tertiary/aromatic N) is 1. The van der Waals surface area contributed by atoms with Crippen molar-refractivity contribution in [1.82, 2.24) is 10.3 Å². The number of nitrogens with one attached hydrogen (secondary N) is 3. The van der Waals surface area contributed by atoms with E-state index in [0.717, 1.165) is 15.9 Å². The van der Waals surface area contributed by atoms with Gasteiger partial charge in [-0.15, -0.1) is 0 Å². The number of amides is 3. The van der Waals surface area contributed by atoms with Crippen molar-refractivity contribution in [3.63, 3.8) is 0 Å². The number of hydrogen-bond acceptors (Lipinski definition) is 4. The van der Waals surface area contributed by atoms with Gasteiger partial charge in [-0.05, 0) is 48.5 Å². The minimum Gasteiger partial charge on any atom is -0.354 e. The molecule has 0 aliphatic rings. The molecule has 0 unspecified atom stereocenters. The second kappa shape index (κ2) is 10.0. The molecule has 0 fully saturated rings. The molecule has 0 radical (unpaired) electrons. The summed E-state index contributed by atoms with van der Waals surface area (Å²) in [5, 5.41) is 7.50. The maximum atomic E-state index is 13.0. The third kappa shape index (κ3) is 6.24. The first-order chi connectivity index (χ1) is 15.2. The van der Waals surface area contributed by atoms with Crippen LogP contribution < -0.4 is 16.0 Å². The molecule has 32 heavy (non-hydrogen) atoms. The number of rotatable bonds is 5. The molecule has 0 aliphatic carbocycles. The van der Waals surface area contributed by atoms with E-state index in [1.807, 2.05) is 6.07 Å². The number of aromatic nitrogens is 1. The Balaban J connectivity index is 1.69. The van der Waals surface area contributed by atoms with Crippen molar-refractivity contribution in [2.24, 2.45) is 0 Å². The number of urea groups is 1. The summed E-state index contributed by atoms with van der Waals surface area (Å²) in [6.07, 6.45) is -3.03. The van der Waals surface area contributed by atoms with Gasteiger partial charge in [-0.3, -0.25) is 9.78 Å². The molecule has 3 rings (SSSR count). The first-order valence-corrected chi connectivity index (χ1v) is 10.7. The van der Waals surface area contributed by atoms with E-state index in [2.05, 4.69) is 36.9 Å². The molecule has 0 atom stereocenters. The highest BCUT2D eigenvalue weighted by atomic mass is 79.9. The average molecular weight is 525 g/mol. The summed E-state index contributed by atoms with van der Waals surface area (Å²) in [7, 11) is 1.52. The second-order valence-corrected chi connectivity index (χ2v) is 8.36. The third-order valence-electron chi connectivity index (χ3n) is 4.05. The molecule has 2 aromatic carbocycles. The van der Waals surface area contributed by atoms with Crippen LogP contribution in [-0.4, -0.2) is 24.0 Å². The molecule has 1 heterocycles. The second-order valence-electron chi connectivity index (χ2n) is 6.36. The molecule has 3 amide bonds. The fourth-order valence-corrected chi connectivity index (χ4v) is 3.99. The summed E-state index contributed by atoms with van der Waals surface area (Å²) >= 11 is 4.22. The van der Waals surface area contributed by atoms with Gasteiger partial charge in [0.1, 0.15) is 5.69 Å². The van der Waals surface area contributed by atoms with Crippen LogP contribution in [0.2, 0.25) is 0 Å². The minimum absolute atomic E-state index is 0.00192. The molecular formula is C21H16BrF3N4O2S. The Morgan fingerprint density at radius 1 is 0.969 bits per heavy atom. The lowest BCUT2D eigenvalue weighted by Gasteiger charge is -2.13. The van der Waals surface area contributed by atoms with E-state index in [-0.39, 0.29) is 21.8 Å². The molecule has 166 valence electrons. The van der Waals surface area contributed by atoms with Gasteiger partial charge in [-0.25, -0.2) is 4.79 Å². The van der Waals surface area contributed by atoms with E-state index in [9.17, 15) is 22.8 Å². The van der Waals surface area contributed by atoms with Gasteiger partial charge < -0.3 is 16.0 Å². The molecule has 0 bridgehead atoms. The standard InChI is InChI=1S/C21H16BrF3N4O2S/c1-26-19(30)18-11-15(7-8-27-18)32-14-4-2-3-12(9-14)28-20(31)29-13-5-6-17(22)16(10-13)21(23,24)25/h2-11H,1H3,(H,26,30)(H2,28,29,31). The van der Waals surface area contributed by atoms with Gasteiger partial charge in [-0.2, -0.15) is 13.2 Å². The zero-order valence-corrected chi connectivity index (χ0v) is 18.9. The van der Waals surface area contributed by atoms with Crippen LogP contribution in [0.4, 0.5) is 29.3 Å². The van der Waals surface area contributed by atoms with E-state index < -0.39 is 17.8 Å². The number of carbonyl (C=O) groups excluding carboxylic acids is 2. The normalized spacial score (nSPS) is 11.0. The van der Waals surface area contributed by atoms with Gasteiger partial charge in [0.25, 0.3) is 5.91 Å². The first kappa shape index (κ1) is 23.6. The van der Waals surface area contributed by atoms with Crippen LogP contribution in [0.1, 0.15) is 16.1 Å². The maximum Gasteiger partial charge on any atom is 0.417 e. The van der Waals surface area contributed by atoms with Crippen LogP contribution in [0.5, 0.6) is 0 Å². The van der Waals surface area contributed by atoms with E-state index >= 15 is 0 Å². The number of anilines is 2. The Kier molecular flexibility index (Phi) is 7.41. The van der Waals surface area contributed by atoms with E-state index in [0.29, 0.717) is 5.69 Å². The van der Waals surface area contributed by atoms with Gasteiger partial charge in [-0.1, -0.05) is 33.8 Å². The molecule has 6 nitrogen and oxygen atoms in total. The molecule has 0 spiro atoms. The largest absolute Gasteiger partial charge is 0.417 e. The van der Waals surface area contributed by atoms with Crippen molar-refractivity contribution in [1.29, 1.82) is 0 Å². The van der Waals surface area contributed by atoms with Crippen LogP contribution >= 0.6 is 27.7 Å². The number of benzene rings is 2. The average Bonchev–Trinajstić information content (AvgIpc) is 2.74. The molecular weight excluding hydrogens is 509 g/mol. The molecule has 3 N–H and O–H groups in total. The Morgan fingerprint density at radius 3 is 2.34 bits per heavy atom. The number of alkyl halides is 3. The van der Waals surface area contributed by atoms with Gasteiger partial charge >= 0.3 is 12.2 Å². The van der Waals surface area contributed by atoms with Gasteiger partial charge in [0.15, 0.2) is 0 Å². The Hall–Kier alpha value is -3.05. The summed E-state index contributed by atoms with van der Waals surface area (Å²) in [6, 6.07) is 13.0. The van der Waals surface area contributed by atoms with Crippen LogP contribution in [0.15, 0.2) is 75.1 Å². The van der Waals surface area contributed by atoms with Crippen LogP contribution in [-0.2, 0) is 6.18 Å². The Morgan fingerprint density at radius 2 is 1.66 bits per heavy atom. The summed E-state index contributed by atoms with van der Waals surface area (Å²) in [6.45, 7) is 0. The van der Waals surface area contributed by atoms with Crippen molar-refractivity contribution < 1.29 is 22.8 Å². The van der Waals surface area contributed by atoms with Crippen molar-refractivity contribution in [3.05, 3.63) is 76.5 Å². The lowest BCUT2D eigenvalue weighted by molar-refractivity contribution is -0.138. The Labute approximate surface area is 194 Å². The van der Waals surface area contributed by atoms with Crippen molar-refractivity contribution in [2.75, 3.05) is 17.7 Å². The lowest BCUT2D eigenvalue weighted by atomic mass is 10.2. The highest BCUT2D eigenvalue weighted by Crippen LogP contribution is 2.36. The summed E-state index contributed by atoms with van der Waals surface area (Å²) in [5.74, 6) is -0.304. The van der Waals surface area contributed by atoms with E-state index in [1.165, 1.54) is 37.1 Å². The van der Waals surface area contributed by atoms with Crippen molar-refractivity contribution >= 4 is 51.0 Å². The summed E-state index contributed by atoms with van der Waals surface area (Å²) < 4.78 is 39.0. The van der Waals surface area contributed by atoms with Gasteiger partial charge in [0, 0.05) is 38.9 Å². The molecule has 0 saturated carbocycles. The van der Waals surface area contributed by atoms with Crippen LogP contribution in [0, 0.1) is 0 Å². The highest BCUT2D eigenvalue weighted by molar-refractivity contribution is 9.10. The highest BCUT2D eigenvalue weighted by Gasteiger charge is 2.33. The molecule has 11 heteroatoms. The zero-order valence-electron chi connectivity index (χ0n) is 16.5. The van der Waals surface area contributed by atoms with Crippen molar-refractivity contribution in [2.45, 2.75) is 16.0 Å². The maximum absolute atomic E-state index is 13.0. The number of halogens is 4. The van der Waals surface area contributed by atoms with E-state index in [1.54, 1.807) is 30.3 Å². The zero-order chi connectivity index (χ0) is 23.3. The summed E-state index contributed by atoms with van der Waals surface area (Å²) in [4.78, 5) is 29.6. The molecule has 0 saturated heterocycles. The summed E-state index contributed by atoms with van der Waals surface area (Å²) in [5.41, 5.74) is -0.163. The Bertz CT molecular complexity index is 1160. The first-order valence-electron chi connectivity index (χ1n) is 9.06. The minimum atomic E-state index is -4.55. The van der Waals surface area contributed by atoms with Crippen LogP contribution in [0.25, 0.3) is 0 Å². The SMILES string of the molecule is CNC(=O)c1cc(Sc2cccc(NC(=O)Nc3ccc(Br)c(C(F)(F)F)c3)c2)ccn1.